The Morgan fingerprint density at radius 2 is 1.80 bits per heavy atom. The molecule has 0 atom stereocenters. The Hall–Kier alpha value is -0.510. The first-order chi connectivity index (χ1) is 7.22. The summed E-state index contributed by atoms with van der Waals surface area (Å²) in [6, 6.07) is 9.08. The van der Waals surface area contributed by atoms with Crippen molar-refractivity contribution < 1.29 is 4.74 Å². The van der Waals surface area contributed by atoms with Crippen LogP contribution in [-0.4, -0.2) is 13.2 Å². The Kier molecular flexibility index (Phi) is 5.76. The maximum Gasteiger partial charge on any atom is 0.0713 e. The van der Waals surface area contributed by atoms with Gasteiger partial charge < -0.3 is 4.74 Å². The molecule has 0 aliphatic rings. The molecular formula is C12H19NOS. The lowest BCUT2D eigenvalue weighted by atomic mass is 10.2. The molecule has 0 saturated carbocycles. The molecule has 1 N–H and O–H groups in total. The Bertz CT molecular complexity index is 271. The van der Waals surface area contributed by atoms with E-state index >= 15 is 0 Å². The van der Waals surface area contributed by atoms with Crippen molar-refractivity contribution in [2.75, 3.05) is 7.11 Å². The topological polar surface area (TPSA) is 21.3 Å². The van der Waals surface area contributed by atoms with Gasteiger partial charge in [0.05, 0.1) is 6.61 Å². The van der Waals surface area contributed by atoms with Crippen LogP contribution in [0.25, 0.3) is 0 Å². The summed E-state index contributed by atoms with van der Waals surface area (Å²) in [5, 5.41) is 0. The first-order valence-corrected chi connectivity index (χ1v) is 6.15. The van der Waals surface area contributed by atoms with Crippen molar-refractivity contribution in [2.24, 2.45) is 0 Å². The predicted octanol–water partition coefficient (Wildman–Crippen LogP) is 2.98. The molecule has 0 unspecified atom stereocenters. The van der Waals surface area contributed by atoms with Crippen molar-refractivity contribution >= 4 is 11.9 Å². The van der Waals surface area contributed by atoms with E-state index in [-0.39, 0.29) is 0 Å². The highest BCUT2D eigenvalue weighted by molar-refractivity contribution is 7.96. The second kappa shape index (κ2) is 6.88. The molecule has 0 radical (unpaired) electrons. The van der Waals surface area contributed by atoms with Gasteiger partial charge in [-0.3, -0.25) is 4.72 Å². The van der Waals surface area contributed by atoms with E-state index in [9.17, 15) is 0 Å². The lowest BCUT2D eigenvalue weighted by molar-refractivity contribution is 0.185. The molecule has 0 heterocycles. The van der Waals surface area contributed by atoms with E-state index in [4.69, 9.17) is 4.74 Å². The minimum atomic E-state index is 0.530. The van der Waals surface area contributed by atoms with E-state index < -0.39 is 0 Å². The summed E-state index contributed by atoms with van der Waals surface area (Å²) in [7, 11) is 1.72. The molecule has 2 nitrogen and oxygen atoms in total. The second-order valence-corrected chi connectivity index (χ2v) is 4.62. The number of rotatable bonds is 6. The van der Waals surface area contributed by atoms with Crippen molar-refractivity contribution in [1.29, 1.82) is 0 Å². The van der Waals surface area contributed by atoms with Gasteiger partial charge in [-0.1, -0.05) is 36.2 Å². The largest absolute Gasteiger partial charge is 0.380 e. The van der Waals surface area contributed by atoms with Crippen LogP contribution < -0.4 is 4.72 Å². The van der Waals surface area contributed by atoms with Crippen molar-refractivity contribution in [3.8, 4) is 0 Å². The zero-order chi connectivity index (χ0) is 11.1. The third-order valence-electron chi connectivity index (χ3n) is 1.89. The van der Waals surface area contributed by atoms with Gasteiger partial charge in [-0.25, -0.2) is 0 Å². The lowest BCUT2D eigenvalue weighted by Gasteiger charge is -2.07. The van der Waals surface area contributed by atoms with E-state index in [0.717, 1.165) is 5.75 Å². The first-order valence-electron chi connectivity index (χ1n) is 5.16. The minimum Gasteiger partial charge on any atom is -0.380 e. The molecular weight excluding hydrogens is 206 g/mol. The monoisotopic (exact) mass is 225 g/mol. The molecule has 0 saturated heterocycles. The van der Waals surface area contributed by atoms with Crippen LogP contribution in [0.15, 0.2) is 24.3 Å². The fourth-order valence-electron chi connectivity index (χ4n) is 1.19. The van der Waals surface area contributed by atoms with Crippen LogP contribution in [-0.2, 0) is 17.1 Å². The van der Waals surface area contributed by atoms with E-state index in [1.54, 1.807) is 19.1 Å². The summed E-state index contributed by atoms with van der Waals surface area (Å²) in [6.45, 7) is 4.99. The summed E-state index contributed by atoms with van der Waals surface area (Å²) >= 11 is 1.75. The van der Waals surface area contributed by atoms with Gasteiger partial charge in [0.2, 0.25) is 0 Å². The molecule has 0 fully saturated rings. The third-order valence-corrected chi connectivity index (χ3v) is 3.01. The van der Waals surface area contributed by atoms with Crippen LogP contribution in [0.1, 0.15) is 25.0 Å². The zero-order valence-corrected chi connectivity index (χ0v) is 10.4. The second-order valence-electron chi connectivity index (χ2n) is 3.81. The summed E-state index contributed by atoms with van der Waals surface area (Å²) < 4.78 is 8.39. The van der Waals surface area contributed by atoms with E-state index in [2.05, 4.69) is 42.8 Å². The maximum atomic E-state index is 5.06. The van der Waals surface area contributed by atoms with Gasteiger partial charge in [0.1, 0.15) is 0 Å². The number of hydrogen-bond donors (Lipinski definition) is 1. The average Bonchev–Trinajstić information content (AvgIpc) is 2.20. The highest BCUT2D eigenvalue weighted by Gasteiger charge is 1.96. The number of methoxy groups -OCH3 is 1. The maximum absolute atomic E-state index is 5.06. The molecule has 84 valence electrons. The summed E-state index contributed by atoms with van der Waals surface area (Å²) in [6.07, 6.45) is 0. The van der Waals surface area contributed by atoms with Crippen molar-refractivity contribution in [1.82, 2.24) is 4.72 Å². The molecule has 0 bridgehead atoms. The van der Waals surface area contributed by atoms with Crippen LogP contribution in [0.5, 0.6) is 0 Å². The Balaban J connectivity index is 2.36. The lowest BCUT2D eigenvalue weighted by Crippen LogP contribution is -2.14. The van der Waals surface area contributed by atoms with Gasteiger partial charge in [0, 0.05) is 18.9 Å². The molecule has 0 spiro atoms. The molecule has 0 aliphatic heterocycles. The van der Waals surface area contributed by atoms with Crippen LogP contribution in [0.3, 0.4) is 0 Å². The number of ether oxygens (including phenoxy) is 1. The number of benzene rings is 1. The van der Waals surface area contributed by atoms with Crippen molar-refractivity contribution in [3.63, 3.8) is 0 Å². The summed E-state index contributed by atoms with van der Waals surface area (Å²) in [5.41, 5.74) is 2.57. The molecule has 1 rings (SSSR count). The normalized spacial score (nSPS) is 10.9. The average molecular weight is 225 g/mol. The molecule has 1 aromatic rings. The fourth-order valence-corrected chi connectivity index (χ4v) is 1.97. The Labute approximate surface area is 96.5 Å². The molecule has 15 heavy (non-hydrogen) atoms. The highest BCUT2D eigenvalue weighted by Crippen LogP contribution is 2.11. The SMILES string of the molecule is COCc1ccc(CSNC(C)C)cc1. The van der Waals surface area contributed by atoms with Gasteiger partial charge in [-0.05, 0) is 25.0 Å². The van der Waals surface area contributed by atoms with E-state index in [0.29, 0.717) is 12.6 Å². The van der Waals surface area contributed by atoms with Crippen LogP contribution >= 0.6 is 11.9 Å². The van der Waals surface area contributed by atoms with Crippen molar-refractivity contribution in [2.45, 2.75) is 32.2 Å². The molecule has 3 heteroatoms. The fraction of sp³-hybridized carbons (Fsp3) is 0.500. The molecule has 0 aromatic heterocycles. The summed E-state index contributed by atoms with van der Waals surface area (Å²) in [5.74, 6) is 1.01. The third kappa shape index (κ3) is 5.21. The smallest absolute Gasteiger partial charge is 0.0713 e. The zero-order valence-electron chi connectivity index (χ0n) is 9.62. The van der Waals surface area contributed by atoms with Gasteiger partial charge in [-0.15, -0.1) is 0 Å². The van der Waals surface area contributed by atoms with Crippen molar-refractivity contribution in [3.05, 3.63) is 35.4 Å². The quantitative estimate of drug-likeness (QED) is 0.752. The Morgan fingerprint density at radius 3 is 2.33 bits per heavy atom. The van der Waals surface area contributed by atoms with Gasteiger partial charge in [-0.2, -0.15) is 0 Å². The minimum absolute atomic E-state index is 0.530. The highest BCUT2D eigenvalue weighted by atomic mass is 32.2. The Morgan fingerprint density at radius 1 is 1.20 bits per heavy atom. The molecule has 0 aliphatic carbocycles. The predicted molar refractivity (Wildman–Crippen MR) is 66.7 cm³/mol. The first kappa shape index (κ1) is 12.6. The number of nitrogens with one attached hydrogen (secondary N) is 1. The molecule has 0 amide bonds. The van der Waals surface area contributed by atoms with Crippen LogP contribution in [0.4, 0.5) is 0 Å². The van der Waals surface area contributed by atoms with Gasteiger partial charge in [0.15, 0.2) is 0 Å². The van der Waals surface area contributed by atoms with Gasteiger partial charge >= 0.3 is 0 Å². The number of hydrogen-bond acceptors (Lipinski definition) is 3. The molecule has 1 aromatic carbocycles. The van der Waals surface area contributed by atoms with Crippen LogP contribution in [0, 0.1) is 0 Å². The van der Waals surface area contributed by atoms with E-state index in [1.165, 1.54) is 11.1 Å². The standard InChI is InChI=1S/C12H19NOS/c1-10(2)13-15-9-12-6-4-11(5-7-12)8-14-3/h4-7,10,13H,8-9H2,1-3H3. The van der Waals surface area contributed by atoms with Gasteiger partial charge in [0.25, 0.3) is 0 Å². The van der Waals surface area contributed by atoms with Crippen LogP contribution in [0.2, 0.25) is 0 Å². The van der Waals surface area contributed by atoms with E-state index in [1.807, 2.05) is 0 Å². The summed E-state index contributed by atoms with van der Waals surface area (Å²) in [4.78, 5) is 0.